The predicted molar refractivity (Wildman–Crippen MR) is 67.1 cm³/mol. The lowest BCUT2D eigenvalue weighted by atomic mass is 10.1. The molecule has 0 saturated heterocycles. The molecule has 2 heterocycles. The number of rotatable bonds is 3. The van der Waals surface area contributed by atoms with Gasteiger partial charge in [0, 0.05) is 6.54 Å². The number of imidazole rings is 1. The average Bonchev–Trinajstić information content (AvgIpc) is 2.95. The molecule has 0 atom stereocenters. The molecule has 2 aromatic heterocycles. The fourth-order valence-electron chi connectivity index (χ4n) is 2.39. The van der Waals surface area contributed by atoms with Gasteiger partial charge in [0.25, 0.3) is 0 Å². The van der Waals surface area contributed by atoms with Gasteiger partial charge in [0.05, 0.1) is 6.33 Å². The zero-order chi connectivity index (χ0) is 11.7. The summed E-state index contributed by atoms with van der Waals surface area (Å²) in [6, 6.07) is 0. The molecule has 1 aliphatic rings. The number of aromatic nitrogens is 4. The van der Waals surface area contributed by atoms with E-state index >= 15 is 0 Å². The quantitative estimate of drug-likeness (QED) is 0.823. The topological polar surface area (TPSA) is 66.5 Å². The van der Waals surface area contributed by atoms with E-state index in [4.69, 9.17) is 11.6 Å². The fourth-order valence-corrected chi connectivity index (χ4v) is 2.55. The Bertz CT molecular complexity index is 518. The molecule has 17 heavy (non-hydrogen) atoms. The summed E-state index contributed by atoms with van der Waals surface area (Å²) in [6.07, 6.45) is 6.90. The highest BCUT2D eigenvalue weighted by Gasteiger charge is 2.16. The third-order valence-corrected chi connectivity index (χ3v) is 3.46. The number of anilines is 1. The maximum atomic E-state index is 5.86. The largest absolute Gasteiger partial charge is 0.368 e. The average molecular weight is 252 g/mol. The van der Waals surface area contributed by atoms with Crippen molar-refractivity contribution in [2.45, 2.75) is 25.7 Å². The van der Waals surface area contributed by atoms with Crippen molar-refractivity contribution in [2.24, 2.45) is 5.92 Å². The van der Waals surface area contributed by atoms with Gasteiger partial charge >= 0.3 is 0 Å². The van der Waals surface area contributed by atoms with Gasteiger partial charge in [0.15, 0.2) is 11.5 Å². The Labute approximate surface area is 104 Å². The maximum absolute atomic E-state index is 5.86. The van der Waals surface area contributed by atoms with Gasteiger partial charge in [0.2, 0.25) is 5.28 Å². The first-order valence-corrected chi connectivity index (χ1v) is 6.31. The number of nitrogens with one attached hydrogen (secondary N) is 2. The van der Waals surface area contributed by atoms with Gasteiger partial charge in [-0.2, -0.15) is 9.97 Å². The van der Waals surface area contributed by atoms with Crippen molar-refractivity contribution in [3.05, 3.63) is 11.6 Å². The number of nitrogens with zero attached hydrogens (tertiary/aromatic N) is 3. The number of fused-ring (bicyclic) bond motifs is 1. The standard InChI is InChI=1S/C11H14ClN5/c12-11-16-9(8-10(17-11)15-6-14-8)13-5-7-3-1-2-4-7/h6-7H,1-5H2,(H2,13,14,15,16,17). The molecule has 1 fully saturated rings. The van der Waals surface area contributed by atoms with Crippen molar-refractivity contribution in [1.29, 1.82) is 0 Å². The second-order valence-electron chi connectivity index (χ2n) is 4.47. The second kappa shape index (κ2) is 4.49. The number of halogens is 1. The minimum absolute atomic E-state index is 0.235. The fraction of sp³-hybridized carbons (Fsp3) is 0.545. The van der Waals surface area contributed by atoms with E-state index in [9.17, 15) is 0 Å². The molecule has 1 saturated carbocycles. The summed E-state index contributed by atoms with van der Waals surface area (Å²) in [5, 5.41) is 3.58. The molecule has 5 nitrogen and oxygen atoms in total. The summed E-state index contributed by atoms with van der Waals surface area (Å²) in [6.45, 7) is 0.946. The Morgan fingerprint density at radius 3 is 3.00 bits per heavy atom. The molecule has 2 N–H and O–H groups in total. The van der Waals surface area contributed by atoms with Crippen molar-refractivity contribution < 1.29 is 0 Å². The van der Waals surface area contributed by atoms with E-state index < -0.39 is 0 Å². The van der Waals surface area contributed by atoms with Crippen LogP contribution in [0.15, 0.2) is 6.33 Å². The Balaban J connectivity index is 1.81. The zero-order valence-corrected chi connectivity index (χ0v) is 10.2. The number of hydrogen-bond acceptors (Lipinski definition) is 4. The van der Waals surface area contributed by atoms with Gasteiger partial charge < -0.3 is 10.3 Å². The summed E-state index contributed by atoms with van der Waals surface area (Å²) < 4.78 is 0. The summed E-state index contributed by atoms with van der Waals surface area (Å²) in [4.78, 5) is 15.4. The molecule has 1 aliphatic carbocycles. The van der Waals surface area contributed by atoms with Gasteiger partial charge in [-0.3, -0.25) is 0 Å². The van der Waals surface area contributed by atoms with E-state index in [2.05, 4.69) is 25.3 Å². The van der Waals surface area contributed by atoms with Crippen molar-refractivity contribution in [2.75, 3.05) is 11.9 Å². The van der Waals surface area contributed by atoms with Crippen LogP contribution in [0.5, 0.6) is 0 Å². The maximum Gasteiger partial charge on any atom is 0.226 e. The van der Waals surface area contributed by atoms with E-state index in [-0.39, 0.29) is 5.28 Å². The van der Waals surface area contributed by atoms with E-state index in [1.165, 1.54) is 25.7 Å². The van der Waals surface area contributed by atoms with Gasteiger partial charge in [-0.1, -0.05) is 12.8 Å². The molecular formula is C11H14ClN5. The van der Waals surface area contributed by atoms with E-state index in [0.29, 0.717) is 5.65 Å². The first-order valence-electron chi connectivity index (χ1n) is 5.93. The molecule has 90 valence electrons. The predicted octanol–water partition coefficient (Wildman–Crippen LogP) is 2.61. The molecule has 0 aromatic carbocycles. The normalized spacial score (nSPS) is 16.8. The highest BCUT2D eigenvalue weighted by atomic mass is 35.5. The van der Waals surface area contributed by atoms with Crippen LogP contribution in [0.2, 0.25) is 5.28 Å². The SMILES string of the molecule is Clc1nc(NCC2CCCC2)c2[nH]cnc2n1. The first kappa shape index (κ1) is 10.8. The molecule has 3 rings (SSSR count). The van der Waals surface area contributed by atoms with Crippen LogP contribution in [-0.4, -0.2) is 26.5 Å². The summed E-state index contributed by atoms with van der Waals surface area (Å²) in [5.74, 6) is 1.51. The smallest absolute Gasteiger partial charge is 0.226 e. The Kier molecular flexibility index (Phi) is 2.84. The van der Waals surface area contributed by atoms with E-state index in [0.717, 1.165) is 23.8 Å². The third kappa shape index (κ3) is 2.20. The minimum Gasteiger partial charge on any atom is -0.368 e. The monoisotopic (exact) mass is 251 g/mol. The molecule has 0 amide bonds. The van der Waals surface area contributed by atoms with Crippen LogP contribution in [0.25, 0.3) is 11.2 Å². The van der Waals surface area contributed by atoms with Crippen LogP contribution in [0.1, 0.15) is 25.7 Å². The van der Waals surface area contributed by atoms with E-state index in [1.54, 1.807) is 6.33 Å². The number of hydrogen-bond donors (Lipinski definition) is 2. The molecule has 0 bridgehead atoms. The molecular weight excluding hydrogens is 238 g/mol. The van der Waals surface area contributed by atoms with Gasteiger partial charge in [0.1, 0.15) is 5.52 Å². The zero-order valence-electron chi connectivity index (χ0n) is 9.41. The van der Waals surface area contributed by atoms with Crippen LogP contribution < -0.4 is 5.32 Å². The molecule has 0 unspecified atom stereocenters. The summed E-state index contributed by atoms with van der Waals surface area (Å²) >= 11 is 5.86. The lowest BCUT2D eigenvalue weighted by molar-refractivity contribution is 0.579. The molecule has 0 radical (unpaired) electrons. The Hall–Kier alpha value is -1.36. The van der Waals surface area contributed by atoms with Crippen LogP contribution in [0, 0.1) is 5.92 Å². The Morgan fingerprint density at radius 1 is 1.35 bits per heavy atom. The highest BCUT2D eigenvalue weighted by molar-refractivity contribution is 6.28. The number of aromatic amines is 1. The van der Waals surface area contributed by atoms with Crippen molar-refractivity contribution in [3.63, 3.8) is 0 Å². The van der Waals surface area contributed by atoms with Crippen LogP contribution >= 0.6 is 11.6 Å². The summed E-state index contributed by atoms with van der Waals surface area (Å²) in [7, 11) is 0. The van der Waals surface area contributed by atoms with Crippen molar-refractivity contribution in [3.8, 4) is 0 Å². The van der Waals surface area contributed by atoms with Gasteiger partial charge in [-0.25, -0.2) is 4.98 Å². The van der Waals surface area contributed by atoms with Crippen molar-refractivity contribution in [1.82, 2.24) is 19.9 Å². The van der Waals surface area contributed by atoms with Crippen molar-refractivity contribution >= 4 is 28.6 Å². The third-order valence-electron chi connectivity index (χ3n) is 3.29. The molecule has 6 heteroatoms. The lowest BCUT2D eigenvalue weighted by Gasteiger charge is -2.11. The highest BCUT2D eigenvalue weighted by Crippen LogP contribution is 2.26. The van der Waals surface area contributed by atoms with E-state index in [1.807, 2.05) is 0 Å². The minimum atomic E-state index is 0.235. The second-order valence-corrected chi connectivity index (χ2v) is 4.81. The lowest BCUT2D eigenvalue weighted by Crippen LogP contribution is -2.12. The first-order chi connectivity index (χ1) is 8.33. The molecule has 0 spiro atoms. The van der Waals surface area contributed by atoms with Crippen LogP contribution in [-0.2, 0) is 0 Å². The summed E-state index contributed by atoms with van der Waals surface area (Å²) in [5.41, 5.74) is 1.44. The van der Waals surface area contributed by atoms with Crippen LogP contribution in [0.4, 0.5) is 5.82 Å². The molecule has 0 aliphatic heterocycles. The van der Waals surface area contributed by atoms with Gasteiger partial charge in [-0.05, 0) is 30.4 Å². The van der Waals surface area contributed by atoms with Gasteiger partial charge in [-0.15, -0.1) is 0 Å². The molecule has 2 aromatic rings. The Morgan fingerprint density at radius 2 is 2.18 bits per heavy atom. The number of H-pyrrole nitrogens is 1. The van der Waals surface area contributed by atoms with Crippen LogP contribution in [0.3, 0.4) is 0 Å².